The summed E-state index contributed by atoms with van der Waals surface area (Å²) in [5.41, 5.74) is 1.45. The van der Waals surface area contributed by atoms with E-state index in [-0.39, 0.29) is 23.8 Å². The molecule has 0 saturated carbocycles. The highest BCUT2D eigenvalue weighted by Crippen LogP contribution is 2.22. The van der Waals surface area contributed by atoms with Crippen LogP contribution in [0.4, 0.5) is 15.8 Å². The first kappa shape index (κ1) is 19.0. The standard InChI is InChI=1S/C19H18FN5O3/c1-13-14(12-23-24(13)17-8-4-2-6-15(17)20)19(26)22-11-10-21-16-7-3-5-9-18(16)25(27)28/h2-9,12,21H,10-11H2,1H3,(H,22,26). The van der Waals surface area contributed by atoms with E-state index in [4.69, 9.17) is 0 Å². The van der Waals surface area contributed by atoms with Gasteiger partial charge in [-0.05, 0) is 25.1 Å². The summed E-state index contributed by atoms with van der Waals surface area (Å²) in [5, 5.41) is 20.7. The second-order valence-corrected chi connectivity index (χ2v) is 5.96. The second kappa shape index (κ2) is 8.30. The van der Waals surface area contributed by atoms with Crippen LogP contribution in [0.25, 0.3) is 5.69 Å². The number of anilines is 1. The first-order valence-corrected chi connectivity index (χ1v) is 8.54. The molecule has 0 unspecified atom stereocenters. The zero-order chi connectivity index (χ0) is 20.1. The van der Waals surface area contributed by atoms with Crippen molar-refractivity contribution < 1.29 is 14.1 Å². The van der Waals surface area contributed by atoms with Gasteiger partial charge in [0.15, 0.2) is 0 Å². The van der Waals surface area contributed by atoms with Gasteiger partial charge in [0.1, 0.15) is 17.2 Å². The smallest absolute Gasteiger partial charge is 0.292 e. The highest BCUT2D eigenvalue weighted by molar-refractivity contribution is 5.95. The Bertz CT molecular complexity index is 1020. The minimum Gasteiger partial charge on any atom is -0.378 e. The molecular weight excluding hydrogens is 365 g/mol. The molecule has 1 aromatic heterocycles. The average Bonchev–Trinajstić information content (AvgIpc) is 3.07. The van der Waals surface area contributed by atoms with Crippen molar-refractivity contribution in [2.45, 2.75) is 6.92 Å². The summed E-state index contributed by atoms with van der Waals surface area (Å²) in [6.07, 6.45) is 1.38. The summed E-state index contributed by atoms with van der Waals surface area (Å²) in [7, 11) is 0. The molecule has 0 atom stereocenters. The zero-order valence-electron chi connectivity index (χ0n) is 15.1. The number of aromatic nitrogens is 2. The van der Waals surface area contributed by atoms with Crippen LogP contribution in [-0.2, 0) is 0 Å². The molecule has 0 bridgehead atoms. The van der Waals surface area contributed by atoms with Gasteiger partial charge in [-0.2, -0.15) is 5.10 Å². The summed E-state index contributed by atoms with van der Waals surface area (Å²) >= 11 is 0. The minimum atomic E-state index is -0.471. The normalized spacial score (nSPS) is 10.5. The van der Waals surface area contributed by atoms with Crippen LogP contribution in [0.1, 0.15) is 16.1 Å². The molecule has 3 aromatic rings. The number of para-hydroxylation sites is 3. The molecule has 8 nitrogen and oxygen atoms in total. The zero-order valence-corrected chi connectivity index (χ0v) is 15.1. The van der Waals surface area contributed by atoms with Crippen molar-refractivity contribution in [3.8, 4) is 5.69 Å². The maximum absolute atomic E-state index is 13.9. The van der Waals surface area contributed by atoms with Gasteiger partial charge in [-0.15, -0.1) is 0 Å². The Balaban J connectivity index is 1.61. The van der Waals surface area contributed by atoms with E-state index in [0.717, 1.165) is 0 Å². The van der Waals surface area contributed by atoms with Crippen LogP contribution in [0.5, 0.6) is 0 Å². The molecule has 144 valence electrons. The number of hydrogen-bond acceptors (Lipinski definition) is 5. The summed E-state index contributed by atoms with van der Waals surface area (Å²) in [4.78, 5) is 22.9. The molecule has 0 aliphatic heterocycles. The highest BCUT2D eigenvalue weighted by atomic mass is 19.1. The van der Waals surface area contributed by atoms with E-state index < -0.39 is 10.7 Å². The summed E-state index contributed by atoms with van der Waals surface area (Å²) in [6.45, 7) is 2.23. The molecule has 0 spiro atoms. The number of benzene rings is 2. The molecule has 1 amide bonds. The van der Waals surface area contributed by atoms with Crippen molar-refractivity contribution in [2.75, 3.05) is 18.4 Å². The fourth-order valence-corrected chi connectivity index (χ4v) is 2.75. The highest BCUT2D eigenvalue weighted by Gasteiger charge is 2.17. The molecule has 1 heterocycles. The second-order valence-electron chi connectivity index (χ2n) is 5.96. The number of nitro groups is 1. The van der Waals surface area contributed by atoms with E-state index in [1.54, 1.807) is 43.3 Å². The van der Waals surface area contributed by atoms with Gasteiger partial charge in [0.25, 0.3) is 11.6 Å². The van der Waals surface area contributed by atoms with E-state index in [1.165, 1.54) is 23.0 Å². The molecule has 0 aliphatic carbocycles. The Kier molecular flexibility index (Phi) is 5.64. The van der Waals surface area contributed by atoms with Gasteiger partial charge in [-0.25, -0.2) is 9.07 Å². The summed E-state index contributed by atoms with van der Waals surface area (Å²) in [5.74, 6) is -0.793. The van der Waals surface area contributed by atoms with Crippen LogP contribution in [-0.4, -0.2) is 33.7 Å². The van der Waals surface area contributed by atoms with Crippen LogP contribution in [0, 0.1) is 22.9 Å². The van der Waals surface area contributed by atoms with Gasteiger partial charge in [0.2, 0.25) is 0 Å². The monoisotopic (exact) mass is 383 g/mol. The van der Waals surface area contributed by atoms with Crippen molar-refractivity contribution in [2.24, 2.45) is 0 Å². The van der Waals surface area contributed by atoms with Crippen LogP contribution < -0.4 is 10.6 Å². The Hall–Kier alpha value is -3.75. The number of nitrogens with one attached hydrogen (secondary N) is 2. The molecule has 2 N–H and O–H groups in total. The van der Waals surface area contributed by atoms with Gasteiger partial charge in [-0.3, -0.25) is 14.9 Å². The third-order valence-electron chi connectivity index (χ3n) is 4.16. The molecule has 0 saturated heterocycles. The topological polar surface area (TPSA) is 102 Å². The number of amides is 1. The van der Waals surface area contributed by atoms with Crippen LogP contribution in [0.2, 0.25) is 0 Å². The van der Waals surface area contributed by atoms with E-state index in [1.807, 2.05) is 0 Å². The number of nitro benzene ring substituents is 1. The number of carbonyl (C=O) groups excluding carboxylic acids is 1. The van der Waals surface area contributed by atoms with Crippen molar-refractivity contribution in [3.05, 3.63) is 81.9 Å². The Labute approximate surface area is 160 Å². The van der Waals surface area contributed by atoms with Gasteiger partial charge < -0.3 is 10.6 Å². The molecule has 0 radical (unpaired) electrons. The predicted octanol–water partition coefficient (Wildman–Crippen LogP) is 3.07. The molecule has 0 aliphatic rings. The van der Waals surface area contributed by atoms with E-state index in [2.05, 4.69) is 15.7 Å². The van der Waals surface area contributed by atoms with Gasteiger partial charge >= 0.3 is 0 Å². The fourth-order valence-electron chi connectivity index (χ4n) is 2.75. The first-order chi connectivity index (χ1) is 13.5. The van der Waals surface area contributed by atoms with E-state index >= 15 is 0 Å². The lowest BCUT2D eigenvalue weighted by atomic mass is 10.2. The SMILES string of the molecule is Cc1c(C(=O)NCCNc2ccccc2[N+](=O)[O-])cnn1-c1ccccc1F. The van der Waals surface area contributed by atoms with Gasteiger partial charge in [0.05, 0.1) is 22.4 Å². The van der Waals surface area contributed by atoms with Crippen molar-refractivity contribution in [1.29, 1.82) is 0 Å². The maximum atomic E-state index is 13.9. The van der Waals surface area contributed by atoms with Crippen molar-refractivity contribution in [3.63, 3.8) is 0 Å². The number of carbonyl (C=O) groups is 1. The largest absolute Gasteiger partial charge is 0.378 e. The molecule has 28 heavy (non-hydrogen) atoms. The molecule has 9 heteroatoms. The summed E-state index contributed by atoms with van der Waals surface area (Å²) in [6, 6.07) is 12.4. The number of nitrogens with zero attached hydrogens (tertiary/aromatic N) is 3. The van der Waals surface area contributed by atoms with Crippen LogP contribution in [0.3, 0.4) is 0 Å². The van der Waals surface area contributed by atoms with Gasteiger partial charge in [-0.1, -0.05) is 24.3 Å². The van der Waals surface area contributed by atoms with Crippen LogP contribution in [0.15, 0.2) is 54.7 Å². The first-order valence-electron chi connectivity index (χ1n) is 8.54. The van der Waals surface area contributed by atoms with E-state index in [9.17, 15) is 19.3 Å². The van der Waals surface area contributed by atoms with Crippen molar-refractivity contribution in [1.82, 2.24) is 15.1 Å². The molecule has 3 rings (SSSR count). The maximum Gasteiger partial charge on any atom is 0.292 e. The van der Waals surface area contributed by atoms with Crippen LogP contribution >= 0.6 is 0 Å². The molecular formula is C19H18FN5O3. The van der Waals surface area contributed by atoms with Gasteiger partial charge in [0, 0.05) is 19.2 Å². The number of hydrogen-bond donors (Lipinski definition) is 2. The number of halogens is 1. The predicted molar refractivity (Wildman–Crippen MR) is 102 cm³/mol. The minimum absolute atomic E-state index is 0.0316. The fraction of sp³-hybridized carbons (Fsp3) is 0.158. The molecule has 2 aromatic carbocycles. The lowest BCUT2D eigenvalue weighted by Crippen LogP contribution is -2.29. The Morgan fingerprint density at radius 1 is 1.18 bits per heavy atom. The molecule has 0 fully saturated rings. The third kappa shape index (κ3) is 3.98. The Morgan fingerprint density at radius 2 is 1.89 bits per heavy atom. The van der Waals surface area contributed by atoms with E-state index in [0.29, 0.717) is 23.5 Å². The lowest BCUT2D eigenvalue weighted by molar-refractivity contribution is -0.384. The average molecular weight is 383 g/mol. The lowest BCUT2D eigenvalue weighted by Gasteiger charge is -2.09. The van der Waals surface area contributed by atoms with Crippen molar-refractivity contribution >= 4 is 17.3 Å². The quantitative estimate of drug-likeness (QED) is 0.371. The summed E-state index contributed by atoms with van der Waals surface area (Å²) < 4.78 is 15.3. The number of rotatable bonds is 7. The third-order valence-corrected chi connectivity index (χ3v) is 4.16. The Morgan fingerprint density at radius 3 is 2.64 bits per heavy atom.